The van der Waals surface area contributed by atoms with Crippen molar-refractivity contribution < 1.29 is 19.5 Å². The second kappa shape index (κ2) is 8.58. The lowest BCUT2D eigenvalue weighted by molar-refractivity contribution is -0.125. The van der Waals surface area contributed by atoms with Crippen LogP contribution in [0.25, 0.3) is 0 Å². The second-order valence-electron chi connectivity index (χ2n) is 10.9. The zero-order valence-electron chi connectivity index (χ0n) is 21.5. The lowest BCUT2D eigenvalue weighted by Gasteiger charge is -2.49. The summed E-state index contributed by atoms with van der Waals surface area (Å²) in [6.07, 6.45) is 2.76. The molecule has 4 saturated heterocycles. The lowest BCUT2D eigenvalue weighted by Crippen LogP contribution is -2.78. The van der Waals surface area contributed by atoms with E-state index in [0.29, 0.717) is 5.56 Å². The largest absolute Gasteiger partial charge is 0.386 e. The molecule has 1 spiro atoms. The molecule has 202 valence electrons. The van der Waals surface area contributed by atoms with E-state index in [0.717, 1.165) is 36.1 Å². The van der Waals surface area contributed by atoms with Crippen LogP contribution in [0.4, 0.5) is 4.79 Å². The molecule has 0 radical (unpaired) electrons. The summed E-state index contributed by atoms with van der Waals surface area (Å²) >= 11 is 0. The Bertz CT molecular complexity index is 1250. The van der Waals surface area contributed by atoms with Gasteiger partial charge in [0.05, 0.1) is 24.7 Å². The molecule has 0 aromatic heterocycles. The molecule has 4 fully saturated rings. The van der Waals surface area contributed by atoms with Crippen molar-refractivity contribution in [3.63, 3.8) is 0 Å². The Labute approximate surface area is 220 Å². The molecule has 38 heavy (non-hydrogen) atoms. The summed E-state index contributed by atoms with van der Waals surface area (Å²) in [6.45, 7) is 0.113. The summed E-state index contributed by atoms with van der Waals surface area (Å²) in [6, 6.07) is 3.40. The summed E-state index contributed by atoms with van der Waals surface area (Å²) in [7, 11) is 3.22. The first-order valence-corrected chi connectivity index (χ1v) is 13.0. The zero-order chi connectivity index (χ0) is 26.9. The van der Waals surface area contributed by atoms with Gasteiger partial charge in [-0.1, -0.05) is 12.1 Å². The number of imide groups is 1. The van der Waals surface area contributed by atoms with E-state index in [9.17, 15) is 19.5 Å². The Hall–Kier alpha value is -3.87. The normalized spacial score (nSPS) is 31.9. The SMILES string of the molecule is CN1CC(=O)N(C[C@@H]2NC(=N)N3CC(N(C)C(=O)c4cccc5c4CCCC5)C(O)C34NC(=N)NC24)C1=O. The fraction of sp³-hybridized carbons (Fsp3) is 0.560. The molecule has 13 heteroatoms. The highest BCUT2D eigenvalue weighted by atomic mass is 16.3. The summed E-state index contributed by atoms with van der Waals surface area (Å²) in [5.74, 6) is -0.579. The van der Waals surface area contributed by atoms with Gasteiger partial charge in [0, 0.05) is 26.2 Å². The van der Waals surface area contributed by atoms with Crippen molar-refractivity contribution in [2.75, 3.05) is 33.7 Å². The fourth-order valence-corrected chi connectivity index (χ4v) is 6.84. The quantitative estimate of drug-likeness (QED) is 0.264. The van der Waals surface area contributed by atoms with Crippen LogP contribution in [0, 0.1) is 10.8 Å². The third kappa shape index (κ3) is 3.37. The van der Waals surface area contributed by atoms with Crippen molar-refractivity contribution in [1.29, 1.82) is 10.8 Å². The summed E-state index contributed by atoms with van der Waals surface area (Å²) in [5.41, 5.74) is 1.59. The van der Waals surface area contributed by atoms with Gasteiger partial charge < -0.3 is 35.8 Å². The molecular weight excluding hydrogens is 490 g/mol. The van der Waals surface area contributed by atoms with Crippen molar-refractivity contribution in [3.05, 3.63) is 34.9 Å². The third-order valence-electron chi connectivity index (χ3n) is 8.78. The van der Waals surface area contributed by atoms with E-state index in [4.69, 9.17) is 10.8 Å². The molecule has 0 saturated carbocycles. The monoisotopic (exact) mass is 523 g/mol. The summed E-state index contributed by atoms with van der Waals surface area (Å²) in [5, 5.41) is 38.0. The number of hydrogen-bond donors (Lipinski definition) is 6. The number of nitrogens with one attached hydrogen (secondary N) is 5. The summed E-state index contributed by atoms with van der Waals surface area (Å²) < 4.78 is 0. The number of fused-ring (bicyclic) bond motifs is 1. The van der Waals surface area contributed by atoms with E-state index >= 15 is 0 Å². The number of hydrogen-bond acceptors (Lipinski definition) is 6. The Morgan fingerprint density at radius 1 is 1.21 bits per heavy atom. The van der Waals surface area contributed by atoms with Crippen LogP contribution in [0.3, 0.4) is 0 Å². The first kappa shape index (κ1) is 24.5. The average molecular weight is 524 g/mol. The summed E-state index contributed by atoms with van der Waals surface area (Å²) in [4.78, 5) is 44.4. The first-order valence-electron chi connectivity index (χ1n) is 13.0. The third-order valence-corrected chi connectivity index (χ3v) is 8.78. The van der Waals surface area contributed by atoms with Crippen LogP contribution in [-0.4, -0.2) is 118 Å². The highest BCUT2D eigenvalue weighted by Crippen LogP contribution is 2.39. The number of carbonyl (C=O) groups is 3. The Kier molecular flexibility index (Phi) is 5.53. The van der Waals surface area contributed by atoms with Gasteiger partial charge in [0.15, 0.2) is 17.6 Å². The molecule has 1 aromatic carbocycles. The van der Waals surface area contributed by atoms with Crippen molar-refractivity contribution in [2.24, 2.45) is 0 Å². The minimum atomic E-state index is -1.31. The highest BCUT2D eigenvalue weighted by molar-refractivity contribution is 6.02. The number of amides is 4. The van der Waals surface area contributed by atoms with Crippen molar-refractivity contribution in [3.8, 4) is 0 Å². The number of urea groups is 1. The van der Waals surface area contributed by atoms with Crippen LogP contribution in [0.5, 0.6) is 0 Å². The second-order valence-corrected chi connectivity index (χ2v) is 10.9. The molecule has 1 aromatic rings. The van der Waals surface area contributed by atoms with Crippen LogP contribution >= 0.6 is 0 Å². The number of benzene rings is 1. The predicted molar refractivity (Wildman–Crippen MR) is 137 cm³/mol. The van der Waals surface area contributed by atoms with Gasteiger partial charge in [-0.2, -0.15) is 0 Å². The molecule has 4 unspecified atom stereocenters. The molecule has 5 aliphatic rings. The van der Waals surface area contributed by atoms with Gasteiger partial charge in [0.2, 0.25) is 5.91 Å². The van der Waals surface area contributed by atoms with E-state index in [2.05, 4.69) is 22.0 Å². The minimum absolute atomic E-state index is 0.0119. The Morgan fingerprint density at radius 3 is 2.71 bits per heavy atom. The van der Waals surface area contributed by atoms with Crippen molar-refractivity contribution >= 4 is 29.8 Å². The number of aryl methyl sites for hydroxylation is 1. The molecule has 0 bridgehead atoms. The van der Waals surface area contributed by atoms with E-state index in [1.54, 1.807) is 23.9 Å². The zero-order valence-corrected chi connectivity index (χ0v) is 21.5. The lowest BCUT2D eigenvalue weighted by atomic mass is 9.86. The number of carbonyl (C=O) groups excluding carboxylic acids is 3. The molecule has 13 nitrogen and oxygen atoms in total. The molecule has 4 heterocycles. The van der Waals surface area contributed by atoms with Crippen molar-refractivity contribution in [1.82, 2.24) is 35.6 Å². The van der Waals surface area contributed by atoms with E-state index in [1.165, 1.54) is 10.5 Å². The number of rotatable bonds is 4. The topological polar surface area (TPSA) is 168 Å². The molecule has 6 N–H and O–H groups in total. The van der Waals surface area contributed by atoms with E-state index in [-0.39, 0.29) is 43.4 Å². The number of likely N-dealkylation sites (N-methyl/N-ethyl adjacent to an activating group) is 2. The van der Waals surface area contributed by atoms with Gasteiger partial charge in [-0.05, 0) is 42.9 Å². The van der Waals surface area contributed by atoms with Gasteiger partial charge in [-0.25, -0.2) is 4.79 Å². The van der Waals surface area contributed by atoms with Gasteiger partial charge in [-0.3, -0.25) is 25.3 Å². The first-order chi connectivity index (χ1) is 18.1. The minimum Gasteiger partial charge on any atom is -0.386 e. The Morgan fingerprint density at radius 2 is 1.97 bits per heavy atom. The number of aliphatic hydroxyl groups excluding tert-OH is 1. The smallest absolute Gasteiger partial charge is 0.327 e. The van der Waals surface area contributed by atoms with Gasteiger partial charge >= 0.3 is 6.03 Å². The van der Waals surface area contributed by atoms with Gasteiger partial charge in [-0.15, -0.1) is 0 Å². The van der Waals surface area contributed by atoms with Crippen LogP contribution in [-0.2, 0) is 17.6 Å². The number of guanidine groups is 2. The maximum Gasteiger partial charge on any atom is 0.327 e. The Balaban J connectivity index is 1.30. The van der Waals surface area contributed by atoms with Crippen LogP contribution < -0.4 is 16.0 Å². The maximum atomic E-state index is 13.8. The van der Waals surface area contributed by atoms with Gasteiger partial charge in [0.1, 0.15) is 12.6 Å². The van der Waals surface area contributed by atoms with Crippen LogP contribution in [0.2, 0.25) is 0 Å². The number of aliphatic hydroxyl groups is 1. The van der Waals surface area contributed by atoms with Gasteiger partial charge in [0.25, 0.3) is 5.91 Å². The van der Waals surface area contributed by atoms with Crippen LogP contribution in [0.1, 0.15) is 34.3 Å². The molecule has 5 atom stereocenters. The molecule has 6 rings (SSSR count). The average Bonchev–Trinajstić information content (AvgIpc) is 3.49. The van der Waals surface area contributed by atoms with Crippen LogP contribution in [0.15, 0.2) is 18.2 Å². The highest BCUT2D eigenvalue weighted by Gasteiger charge is 2.67. The fourth-order valence-electron chi connectivity index (χ4n) is 6.84. The standard InChI is InChI=1S/C25H33N9O4/c1-31-12-18(35)33(24(31)38)10-16-19-25(30-22(26)29-19)20(36)17(11-34(25)23(27)28-16)32(2)21(37)15-9-5-7-13-6-3-4-8-14(13)15/h5,7,9,16-17,19-20,36H,3-4,6,8,10-12H2,1-2H3,(H2,27,28)(H3,26,29,30)/t16-,17?,19?,20?,25?/m0/s1. The van der Waals surface area contributed by atoms with E-state index in [1.807, 2.05) is 12.1 Å². The molecule has 4 amide bonds. The van der Waals surface area contributed by atoms with Crippen molar-refractivity contribution in [2.45, 2.75) is 55.6 Å². The molecular formula is C25H33N9O4. The predicted octanol–water partition coefficient (Wildman–Crippen LogP) is -1.32. The molecule has 4 aliphatic heterocycles. The number of nitrogens with zero attached hydrogens (tertiary/aromatic N) is 4. The van der Waals surface area contributed by atoms with E-state index < -0.39 is 35.9 Å². The molecule has 1 aliphatic carbocycles. The maximum absolute atomic E-state index is 13.8.